The second-order valence-corrected chi connectivity index (χ2v) is 9.30. The lowest BCUT2D eigenvalue weighted by molar-refractivity contribution is -0.0500. The predicted molar refractivity (Wildman–Crippen MR) is 116 cm³/mol. The SMILES string of the molecule is COc1ccc2c(c1)OCC(c1ccc(C)cc1)C2c1ccc(OS(=O)(=O)C(F)(F)F)cc1. The Bertz CT molecular complexity index is 1240. The number of hydrogen-bond donors (Lipinski definition) is 0. The fourth-order valence-electron chi connectivity index (χ4n) is 3.93. The van der Waals surface area contributed by atoms with Crippen LogP contribution >= 0.6 is 0 Å². The van der Waals surface area contributed by atoms with Crippen molar-refractivity contribution in [2.24, 2.45) is 0 Å². The molecule has 0 saturated carbocycles. The fourth-order valence-corrected chi connectivity index (χ4v) is 4.39. The van der Waals surface area contributed by atoms with Crippen molar-refractivity contribution in [1.29, 1.82) is 0 Å². The fraction of sp³-hybridized carbons (Fsp3) is 0.250. The number of benzene rings is 3. The molecular formula is C24H21F3O5S. The Hall–Kier alpha value is -3.20. The summed E-state index contributed by atoms with van der Waals surface area (Å²) >= 11 is 0. The Morgan fingerprint density at radius 3 is 2.12 bits per heavy atom. The average molecular weight is 478 g/mol. The zero-order valence-corrected chi connectivity index (χ0v) is 18.6. The number of halogens is 3. The van der Waals surface area contributed by atoms with Gasteiger partial charge in [0, 0.05) is 23.5 Å². The summed E-state index contributed by atoms with van der Waals surface area (Å²) in [5, 5.41) is 0. The van der Waals surface area contributed by atoms with Gasteiger partial charge in [0.15, 0.2) is 0 Å². The second-order valence-electron chi connectivity index (χ2n) is 7.76. The maximum atomic E-state index is 12.6. The number of alkyl halides is 3. The summed E-state index contributed by atoms with van der Waals surface area (Å²) in [5.74, 6) is 0.628. The van der Waals surface area contributed by atoms with Gasteiger partial charge in [-0.15, -0.1) is 0 Å². The lowest BCUT2D eigenvalue weighted by atomic mass is 9.76. The van der Waals surface area contributed by atoms with Gasteiger partial charge in [-0.2, -0.15) is 21.6 Å². The van der Waals surface area contributed by atoms with Crippen molar-refractivity contribution in [3.05, 3.63) is 89.0 Å². The smallest absolute Gasteiger partial charge is 0.497 e. The summed E-state index contributed by atoms with van der Waals surface area (Å²) in [7, 11) is -4.18. The third kappa shape index (κ3) is 4.64. The number of fused-ring (bicyclic) bond motifs is 1. The molecule has 2 unspecified atom stereocenters. The summed E-state index contributed by atoms with van der Waals surface area (Å²) in [4.78, 5) is 0. The van der Waals surface area contributed by atoms with Crippen molar-refractivity contribution in [2.45, 2.75) is 24.3 Å². The summed E-state index contributed by atoms with van der Waals surface area (Å²) in [5.41, 5.74) is -1.66. The normalized spacial score (nSPS) is 18.2. The van der Waals surface area contributed by atoms with Gasteiger partial charge in [0.05, 0.1) is 13.7 Å². The van der Waals surface area contributed by atoms with Crippen LogP contribution in [0, 0.1) is 6.92 Å². The quantitative estimate of drug-likeness (QED) is 0.356. The summed E-state index contributed by atoms with van der Waals surface area (Å²) in [6, 6.07) is 19.2. The van der Waals surface area contributed by atoms with Crippen LogP contribution < -0.4 is 13.7 Å². The van der Waals surface area contributed by atoms with Crippen molar-refractivity contribution >= 4 is 10.1 Å². The molecule has 1 aliphatic heterocycles. The van der Waals surface area contributed by atoms with Gasteiger partial charge in [0.25, 0.3) is 0 Å². The average Bonchev–Trinajstić information content (AvgIpc) is 2.78. The van der Waals surface area contributed by atoms with Crippen LogP contribution in [0.3, 0.4) is 0 Å². The van der Waals surface area contributed by atoms with Gasteiger partial charge in [-0.3, -0.25) is 0 Å². The van der Waals surface area contributed by atoms with Crippen molar-refractivity contribution in [2.75, 3.05) is 13.7 Å². The zero-order chi connectivity index (χ0) is 23.8. The molecule has 1 heterocycles. The van der Waals surface area contributed by atoms with E-state index in [1.54, 1.807) is 25.3 Å². The van der Waals surface area contributed by atoms with Crippen LogP contribution in [0.15, 0.2) is 66.7 Å². The van der Waals surface area contributed by atoms with Crippen LogP contribution in [0.2, 0.25) is 0 Å². The van der Waals surface area contributed by atoms with E-state index >= 15 is 0 Å². The molecule has 5 nitrogen and oxygen atoms in total. The first kappa shape index (κ1) is 23.0. The van der Waals surface area contributed by atoms with Crippen molar-refractivity contribution in [3.8, 4) is 17.2 Å². The minimum Gasteiger partial charge on any atom is -0.497 e. The Kier molecular flexibility index (Phi) is 6.00. The van der Waals surface area contributed by atoms with Gasteiger partial charge < -0.3 is 13.7 Å². The molecule has 0 saturated heterocycles. The van der Waals surface area contributed by atoms with E-state index in [4.69, 9.17) is 9.47 Å². The highest BCUT2D eigenvalue weighted by atomic mass is 32.2. The van der Waals surface area contributed by atoms with Crippen molar-refractivity contribution in [3.63, 3.8) is 0 Å². The highest BCUT2D eigenvalue weighted by Crippen LogP contribution is 2.47. The summed E-state index contributed by atoms with van der Waals surface area (Å²) < 4.78 is 76.1. The van der Waals surface area contributed by atoms with Crippen LogP contribution in [0.4, 0.5) is 13.2 Å². The summed E-state index contributed by atoms with van der Waals surface area (Å²) in [6.45, 7) is 2.38. The second kappa shape index (κ2) is 8.62. The molecule has 0 N–H and O–H groups in total. The lowest BCUT2D eigenvalue weighted by Gasteiger charge is -2.34. The predicted octanol–water partition coefficient (Wildman–Crippen LogP) is 5.54. The molecule has 33 heavy (non-hydrogen) atoms. The number of methoxy groups -OCH3 is 1. The minimum absolute atomic E-state index is 0.0721. The highest BCUT2D eigenvalue weighted by molar-refractivity contribution is 7.88. The molecular weight excluding hydrogens is 457 g/mol. The van der Waals surface area contributed by atoms with Gasteiger partial charge in [0.1, 0.15) is 17.2 Å². The van der Waals surface area contributed by atoms with Gasteiger partial charge in [0.2, 0.25) is 0 Å². The van der Waals surface area contributed by atoms with Crippen molar-refractivity contribution < 1.29 is 35.2 Å². The number of ether oxygens (including phenoxy) is 2. The molecule has 1 aliphatic rings. The maximum Gasteiger partial charge on any atom is 0.534 e. The maximum absolute atomic E-state index is 12.6. The van der Waals surface area contributed by atoms with Gasteiger partial charge in [-0.05, 0) is 36.2 Å². The van der Waals surface area contributed by atoms with E-state index in [-0.39, 0.29) is 11.8 Å². The zero-order valence-electron chi connectivity index (χ0n) is 17.8. The first-order valence-corrected chi connectivity index (χ1v) is 11.5. The van der Waals surface area contributed by atoms with Gasteiger partial charge >= 0.3 is 15.6 Å². The van der Waals surface area contributed by atoms with Gasteiger partial charge in [-0.25, -0.2) is 0 Å². The molecule has 0 aliphatic carbocycles. The Labute approximate surface area is 189 Å². The molecule has 0 bridgehead atoms. The van der Waals surface area contributed by atoms with E-state index in [2.05, 4.69) is 4.18 Å². The topological polar surface area (TPSA) is 61.8 Å². The molecule has 4 rings (SSSR count). The molecule has 2 atom stereocenters. The van der Waals surface area contributed by atoms with Gasteiger partial charge in [-0.1, -0.05) is 48.0 Å². The van der Waals surface area contributed by atoms with Crippen LogP contribution in [0.5, 0.6) is 17.2 Å². The highest BCUT2D eigenvalue weighted by Gasteiger charge is 2.48. The number of aryl methyl sites for hydroxylation is 1. The van der Waals surface area contributed by atoms with Crippen LogP contribution in [0.1, 0.15) is 34.1 Å². The van der Waals surface area contributed by atoms with Crippen molar-refractivity contribution in [1.82, 2.24) is 0 Å². The molecule has 0 amide bonds. The molecule has 0 radical (unpaired) electrons. The molecule has 174 valence electrons. The molecule has 3 aromatic carbocycles. The first-order valence-electron chi connectivity index (χ1n) is 10.1. The molecule has 0 fully saturated rings. The van der Waals surface area contributed by atoms with E-state index in [0.717, 1.165) is 22.3 Å². The van der Waals surface area contributed by atoms with E-state index in [1.807, 2.05) is 43.3 Å². The van der Waals surface area contributed by atoms with Crippen LogP contribution in [-0.4, -0.2) is 27.6 Å². The van der Waals surface area contributed by atoms with E-state index in [9.17, 15) is 21.6 Å². The molecule has 0 aromatic heterocycles. The molecule has 3 aromatic rings. The Morgan fingerprint density at radius 2 is 1.52 bits per heavy atom. The third-order valence-corrected chi connectivity index (χ3v) is 6.59. The van der Waals surface area contributed by atoms with E-state index in [1.165, 1.54) is 12.1 Å². The number of hydrogen-bond acceptors (Lipinski definition) is 5. The minimum atomic E-state index is -5.74. The standard InChI is InChI=1S/C24H21F3O5S/c1-15-3-5-16(6-4-15)21-14-31-22-13-19(30-2)11-12-20(22)23(21)17-7-9-18(10-8-17)32-33(28,29)24(25,26)27/h3-13,21,23H,14H2,1-2H3. The van der Waals surface area contributed by atoms with E-state index in [0.29, 0.717) is 18.1 Å². The third-order valence-electron chi connectivity index (χ3n) is 5.61. The Morgan fingerprint density at radius 1 is 0.909 bits per heavy atom. The first-order chi connectivity index (χ1) is 15.6. The molecule has 0 spiro atoms. The summed E-state index contributed by atoms with van der Waals surface area (Å²) in [6.07, 6.45) is 0. The number of rotatable bonds is 5. The largest absolute Gasteiger partial charge is 0.534 e. The van der Waals surface area contributed by atoms with Crippen LogP contribution in [0.25, 0.3) is 0 Å². The lowest BCUT2D eigenvalue weighted by Crippen LogP contribution is -2.28. The Balaban J connectivity index is 1.73. The monoisotopic (exact) mass is 478 g/mol. The molecule has 9 heteroatoms. The van der Waals surface area contributed by atoms with Crippen LogP contribution in [-0.2, 0) is 10.1 Å². The van der Waals surface area contributed by atoms with E-state index < -0.39 is 21.4 Å².